The smallest absolute Gasteiger partial charge is 0.338 e. The third-order valence-electron chi connectivity index (χ3n) is 5.12. The van der Waals surface area contributed by atoms with Crippen molar-refractivity contribution in [2.45, 2.75) is 19.9 Å². The van der Waals surface area contributed by atoms with Gasteiger partial charge in [0.1, 0.15) is 5.75 Å². The standard InChI is InChI=1S/C24H21ClN2O4S/c1-4-31-23(29)20-14(2)26-24-27(21(20)16-9-7-10-17(12-16)30-3)22(28)19(32-24)13-15-8-5-6-11-18(15)25/h5-13,21H,4H2,1-3H3/t21-/m0/s1. The molecular formula is C24H21ClN2O4S. The summed E-state index contributed by atoms with van der Waals surface area (Å²) < 4.78 is 12.7. The molecule has 1 aromatic heterocycles. The molecule has 0 radical (unpaired) electrons. The van der Waals surface area contributed by atoms with Gasteiger partial charge in [-0.3, -0.25) is 9.36 Å². The Morgan fingerprint density at radius 1 is 1.25 bits per heavy atom. The summed E-state index contributed by atoms with van der Waals surface area (Å²) in [6.07, 6.45) is 1.75. The molecule has 3 aromatic rings. The number of fused-ring (bicyclic) bond motifs is 1. The quantitative estimate of drug-likeness (QED) is 0.538. The van der Waals surface area contributed by atoms with Crippen LogP contribution in [0.5, 0.6) is 5.75 Å². The predicted molar refractivity (Wildman–Crippen MR) is 125 cm³/mol. The van der Waals surface area contributed by atoms with E-state index in [-0.39, 0.29) is 12.2 Å². The van der Waals surface area contributed by atoms with Gasteiger partial charge in [-0.05, 0) is 49.2 Å². The number of hydrogen-bond donors (Lipinski definition) is 0. The summed E-state index contributed by atoms with van der Waals surface area (Å²) in [6, 6.07) is 13.9. The number of carbonyl (C=O) groups excluding carboxylic acids is 1. The van der Waals surface area contributed by atoms with Crippen molar-refractivity contribution in [3.05, 3.63) is 95.6 Å². The van der Waals surface area contributed by atoms with Crippen molar-refractivity contribution in [2.24, 2.45) is 4.99 Å². The number of ether oxygens (including phenoxy) is 2. The Labute approximate surface area is 193 Å². The molecule has 0 N–H and O–H groups in total. The van der Waals surface area contributed by atoms with Crippen LogP contribution in [-0.2, 0) is 9.53 Å². The number of methoxy groups -OCH3 is 1. The second-order valence-electron chi connectivity index (χ2n) is 7.10. The number of halogens is 1. The lowest BCUT2D eigenvalue weighted by Crippen LogP contribution is -2.39. The normalized spacial score (nSPS) is 15.9. The van der Waals surface area contributed by atoms with Crippen molar-refractivity contribution in [1.29, 1.82) is 0 Å². The molecule has 1 aliphatic rings. The van der Waals surface area contributed by atoms with E-state index in [9.17, 15) is 9.59 Å². The maximum absolute atomic E-state index is 13.5. The van der Waals surface area contributed by atoms with Gasteiger partial charge < -0.3 is 9.47 Å². The van der Waals surface area contributed by atoms with Crippen LogP contribution in [0.1, 0.15) is 31.0 Å². The van der Waals surface area contributed by atoms with Crippen LogP contribution in [0.15, 0.2) is 69.6 Å². The minimum Gasteiger partial charge on any atom is -0.497 e. The number of hydrogen-bond acceptors (Lipinski definition) is 6. The molecule has 4 rings (SSSR count). The van der Waals surface area contributed by atoms with Crippen molar-refractivity contribution < 1.29 is 14.3 Å². The molecule has 0 aliphatic carbocycles. The largest absolute Gasteiger partial charge is 0.497 e. The molecule has 164 valence electrons. The van der Waals surface area contributed by atoms with Crippen molar-refractivity contribution in [2.75, 3.05) is 13.7 Å². The van der Waals surface area contributed by atoms with Crippen LogP contribution in [0.4, 0.5) is 0 Å². The Kier molecular flexibility index (Phi) is 6.30. The number of nitrogens with zero attached hydrogens (tertiary/aromatic N) is 2. The number of esters is 1. The topological polar surface area (TPSA) is 69.9 Å². The minimum absolute atomic E-state index is 0.220. The molecule has 8 heteroatoms. The molecule has 0 spiro atoms. The third kappa shape index (κ3) is 4.01. The molecule has 0 bridgehead atoms. The fourth-order valence-corrected chi connectivity index (χ4v) is 4.88. The van der Waals surface area contributed by atoms with Gasteiger partial charge in [-0.2, -0.15) is 0 Å². The van der Waals surface area contributed by atoms with Crippen LogP contribution < -0.4 is 19.6 Å². The Morgan fingerprint density at radius 2 is 2.03 bits per heavy atom. The number of carbonyl (C=O) groups is 1. The van der Waals surface area contributed by atoms with E-state index in [4.69, 9.17) is 21.1 Å². The molecule has 32 heavy (non-hydrogen) atoms. The molecule has 0 fully saturated rings. The highest BCUT2D eigenvalue weighted by molar-refractivity contribution is 7.07. The van der Waals surface area contributed by atoms with Crippen LogP contribution >= 0.6 is 22.9 Å². The number of aromatic nitrogens is 1. The van der Waals surface area contributed by atoms with Gasteiger partial charge in [-0.15, -0.1) is 0 Å². The highest BCUT2D eigenvalue weighted by atomic mass is 35.5. The van der Waals surface area contributed by atoms with E-state index in [1.165, 1.54) is 11.3 Å². The number of benzene rings is 2. The minimum atomic E-state index is -0.686. The SMILES string of the molecule is CCOC(=O)C1=C(C)N=c2sc(=Cc3ccccc3Cl)c(=O)n2[C@H]1c1cccc(OC)c1. The molecular weight excluding hydrogens is 448 g/mol. The molecule has 0 saturated carbocycles. The maximum atomic E-state index is 13.5. The Balaban J connectivity index is 1.98. The van der Waals surface area contributed by atoms with Crippen molar-refractivity contribution in [3.8, 4) is 5.75 Å². The third-order valence-corrected chi connectivity index (χ3v) is 6.45. The summed E-state index contributed by atoms with van der Waals surface area (Å²) in [5.41, 5.74) is 2.06. The average Bonchev–Trinajstić information content (AvgIpc) is 3.09. The average molecular weight is 469 g/mol. The first kappa shape index (κ1) is 22.0. The summed E-state index contributed by atoms with van der Waals surface area (Å²) in [4.78, 5) is 31.5. The van der Waals surface area contributed by atoms with Crippen LogP contribution in [0.25, 0.3) is 6.08 Å². The lowest BCUT2D eigenvalue weighted by Gasteiger charge is -2.25. The van der Waals surface area contributed by atoms with E-state index in [0.29, 0.717) is 31.4 Å². The van der Waals surface area contributed by atoms with Crippen LogP contribution in [0.3, 0.4) is 0 Å². The fourth-order valence-electron chi connectivity index (χ4n) is 3.65. The Morgan fingerprint density at radius 3 is 2.75 bits per heavy atom. The molecule has 0 unspecified atom stereocenters. The maximum Gasteiger partial charge on any atom is 0.338 e. The molecule has 2 aromatic carbocycles. The van der Waals surface area contributed by atoms with Crippen molar-refractivity contribution in [3.63, 3.8) is 0 Å². The van der Waals surface area contributed by atoms with Crippen molar-refractivity contribution >= 4 is 35.0 Å². The highest BCUT2D eigenvalue weighted by Gasteiger charge is 2.33. The summed E-state index contributed by atoms with van der Waals surface area (Å²) in [7, 11) is 1.57. The van der Waals surface area contributed by atoms with Gasteiger partial charge in [0.25, 0.3) is 5.56 Å². The number of thiazole rings is 1. The van der Waals surface area contributed by atoms with Gasteiger partial charge in [0.05, 0.1) is 35.6 Å². The van der Waals surface area contributed by atoms with Crippen LogP contribution in [-0.4, -0.2) is 24.3 Å². The van der Waals surface area contributed by atoms with Gasteiger partial charge in [0, 0.05) is 5.02 Å². The van der Waals surface area contributed by atoms with Crippen LogP contribution in [0.2, 0.25) is 5.02 Å². The van der Waals surface area contributed by atoms with Gasteiger partial charge in [0.15, 0.2) is 4.80 Å². The molecule has 0 saturated heterocycles. The predicted octanol–water partition coefficient (Wildman–Crippen LogP) is 3.46. The van der Waals surface area contributed by atoms with E-state index in [0.717, 1.165) is 11.1 Å². The summed E-state index contributed by atoms with van der Waals surface area (Å²) in [5.74, 6) is 0.125. The van der Waals surface area contributed by atoms with Gasteiger partial charge in [-0.1, -0.05) is 53.3 Å². The van der Waals surface area contributed by atoms with E-state index in [2.05, 4.69) is 4.99 Å². The number of allylic oxidation sites excluding steroid dienone is 1. The fraction of sp³-hybridized carbons (Fsp3) is 0.208. The summed E-state index contributed by atoms with van der Waals surface area (Å²) in [5, 5.41) is 0.547. The van der Waals surface area contributed by atoms with E-state index >= 15 is 0 Å². The van der Waals surface area contributed by atoms with E-state index in [1.54, 1.807) is 37.7 Å². The first-order chi connectivity index (χ1) is 15.4. The van der Waals surface area contributed by atoms with Crippen molar-refractivity contribution in [1.82, 2.24) is 4.57 Å². The Hall–Kier alpha value is -3.16. The van der Waals surface area contributed by atoms with E-state index in [1.807, 2.05) is 42.5 Å². The zero-order chi connectivity index (χ0) is 22.8. The van der Waals surface area contributed by atoms with Crippen LogP contribution in [0, 0.1) is 0 Å². The molecule has 1 aliphatic heterocycles. The highest BCUT2D eigenvalue weighted by Crippen LogP contribution is 2.32. The van der Waals surface area contributed by atoms with E-state index < -0.39 is 12.0 Å². The number of rotatable bonds is 5. The summed E-state index contributed by atoms with van der Waals surface area (Å²) >= 11 is 7.55. The lowest BCUT2D eigenvalue weighted by molar-refractivity contribution is -0.139. The first-order valence-corrected chi connectivity index (χ1v) is 11.2. The first-order valence-electron chi connectivity index (χ1n) is 10.0. The van der Waals surface area contributed by atoms with Gasteiger partial charge in [0.2, 0.25) is 0 Å². The molecule has 1 atom stereocenters. The summed E-state index contributed by atoms with van der Waals surface area (Å²) in [6.45, 7) is 3.72. The van der Waals surface area contributed by atoms with Gasteiger partial charge >= 0.3 is 5.97 Å². The Bertz CT molecular complexity index is 1400. The molecule has 0 amide bonds. The monoisotopic (exact) mass is 468 g/mol. The molecule has 6 nitrogen and oxygen atoms in total. The zero-order valence-electron chi connectivity index (χ0n) is 17.8. The molecule has 2 heterocycles. The second-order valence-corrected chi connectivity index (χ2v) is 8.52. The zero-order valence-corrected chi connectivity index (χ0v) is 19.4. The lowest BCUT2D eigenvalue weighted by atomic mass is 9.95. The van der Waals surface area contributed by atoms with Gasteiger partial charge in [-0.25, -0.2) is 9.79 Å². The second kappa shape index (κ2) is 9.14.